The second kappa shape index (κ2) is 8.90. The molecule has 14 heteroatoms. The highest BCUT2D eigenvalue weighted by Gasteiger charge is 2.37. The third kappa shape index (κ3) is 5.10. The van der Waals surface area contributed by atoms with Gasteiger partial charge in [0.25, 0.3) is 5.56 Å². The van der Waals surface area contributed by atoms with Crippen molar-refractivity contribution in [2.75, 3.05) is 11.9 Å². The zero-order valence-electron chi connectivity index (χ0n) is 16.5. The quantitative estimate of drug-likeness (QED) is 0.298. The van der Waals surface area contributed by atoms with Crippen molar-refractivity contribution in [2.24, 2.45) is 0 Å². The Labute approximate surface area is 180 Å². The largest absolute Gasteiger partial charge is 0.469 e. The number of hydrogen-bond donors (Lipinski definition) is 5. The smallest absolute Gasteiger partial charge is 0.390 e. The minimum Gasteiger partial charge on any atom is -0.390 e. The molecule has 1 aliphatic heterocycles. The van der Waals surface area contributed by atoms with Crippen molar-refractivity contribution >= 4 is 30.8 Å². The van der Waals surface area contributed by atoms with Crippen molar-refractivity contribution in [2.45, 2.75) is 31.3 Å². The van der Waals surface area contributed by atoms with E-state index in [1.165, 1.54) is 10.9 Å². The van der Waals surface area contributed by atoms with Gasteiger partial charge >= 0.3 is 7.82 Å². The van der Waals surface area contributed by atoms with E-state index in [1.54, 1.807) is 12.1 Å². The van der Waals surface area contributed by atoms with Crippen LogP contribution in [0.5, 0.6) is 0 Å². The van der Waals surface area contributed by atoms with E-state index in [-0.39, 0.29) is 35.9 Å². The summed E-state index contributed by atoms with van der Waals surface area (Å²) in [6.07, 6.45) is -1.46. The highest BCUT2D eigenvalue weighted by atomic mass is 31.2. The first kappa shape index (κ1) is 22.3. The van der Waals surface area contributed by atoms with Gasteiger partial charge in [0.1, 0.15) is 12.3 Å². The molecule has 1 aromatic carbocycles. The molecule has 0 aliphatic carbocycles. The Morgan fingerprint density at radius 1 is 1.34 bits per heavy atom. The van der Waals surface area contributed by atoms with Crippen LogP contribution in [0, 0.1) is 0 Å². The molecule has 13 nitrogen and oxygen atoms in total. The van der Waals surface area contributed by atoms with Crippen LogP contribution in [0.25, 0.3) is 11.2 Å². The predicted octanol–water partition coefficient (Wildman–Crippen LogP) is 0.0585. The number of phosphoric acid groups is 1. The van der Waals surface area contributed by atoms with Crippen molar-refractivity contribution in [3.8, 4) is 0 Å². The monoisotopic (exact) mass is 465 g/mol. The molecule has 0 unspecified atom stereocenters. The minimum atomic E-state index is -4.72. The first-order valence-electron chi connectivity index (χ1n) is 9.54. The number of aromatic amines is 1. The molecule has 1 fully saturated rings. The van der Waals surface area contributed by atoms with Crippen molar-refractivity contribution in [1.82, 2.24) is 19.5 Å². The molecule has 1 amide bonds. The van der Waals surface area contributed by atoms with Crippen molar-refractivity contribution in [3.05, 3.63) is 52.6 Å². The molecule has 170 valence electrons. The number of nitrogens with zero attached hydrogens (tertiary/aromatic N) is 3. The Morgan fingerprint density at radius 2 is 2.09 bits per heavy atom. The number of phosphoric ester groups is 1. The van der Waals surface area contributed by atoms with Gasteiger partial charge in [-0.1, -0.05) is 30.3 Å². The van der Waals surface area contributed by atoms with Gasteiger partial charge in [0.15, 0.2) is 11.2 Å². The summed E-state index contributed by atoms with van der Waals surface area (Å²) in [6, 6.07) is 9.04. The number of aliphatic hydroxyl groups is 1. The number of carbonyl (C=O) groups is 1. The zero-order valence-corrected chi connectivity index (χ0v) is 17.4. The van der Waals surface area contributed by atoms with Crippen LogP contribution in [0.15, 0.2) is 41.5 Å². The number of imidazole rings is 1. The third-order valence-electron chi connectivity index (χ3n) is 4.82. The average molecular weight is 465 g/mol. The standard InChI is InChI=1S/C18H20N5O8P/c24-11-7-14(31-12(11)8-30-32(27,28)29)23-9-19-15-16(23)21-18(22-17(15)26)20-13(25)6-10-4-2-1-3-5-10/h1-5,9,11-12,14,24H,6-8H2,(H2,27,28,29)(H2,20,21,22,25,26)/t11-,12+,14+/m0/s1. The fourth-order valence-electron chi connectivity index (χ4n) is 3.36. The molecule has 3 atom stereocenters. The van der Waals surface area contributed by atoms with Gasteiger partial charge in [0, 0.05) is 6.42 Å². The molecule has 0 radical (unpaired) electrons. The lowest BCUT2D eigenvalue weighted by Crippen LogP contribution is -2.25. The van der Waals surface area contributed by atoms with Gasteiger partial charge in [-0.15, -0.1) is 0 Å². The van der Waals surface area contributed by atoms with Crippen LogP contribution in [0.3, 0.4) is 0 Å². The van der Waals surface area contributed by atoms with Crippen molar-refractivity contribution in [1.29, 1.82) is 0 Å². The van der Waals surface area contributed by atoms with E-state index in [4.69, 9.17) is 14.5 Å². The number of fused-ring (bicyclic) bond motifs is 1. The minimum absolute atomic E-state index is 0.000865. The van der Waals surface area contributed by atoms with Crippen LogP contribution in [0.4, 0.5) is 5.95 Å². The topological polar surface area (TPSA) is 189 Å². The number of rotatable bonds is 7. The summed E-state index contributed by atoms with van der Waals surface area (Å²) in [7, 11) is -4.72. The number of aromatic nitrogens is 4. The van der Waals surface area contributed by atoms with Gasteiger partial charge in [0.05, 0.1) is 25.5 Å². The van der Waals surface area contributed by atoms with E-state index in [0.717, 1.165) is 5.56 Å². The molecular formula is C18H20N5O8P. The van der Waals surface area contributed by atoms with Crippen LogP contribution in [-0.4, -0.2) is 59.1 Å². The second-order valence-electron chi connectivity index (χ2n) is 7.17. The number of carbonyl (C=O) groups excluding carboxylic acids is 1. The summed E-state index contributed by atoms with van der Waals surface area (Å²) in [6.45, 7) is -0.524. The van der Waals surface area contributed by atoms with Gasteiger partial charge in [-0.3, -0.25) is 29.0 Å². The van der Waals surface area contributed by atoms with Crippen LogP contribution in [-0.2, 0) is 25.0 Å². The maximum atomic E-state index is 12.4. The lowest BCUT2D eigenvalue weighted by Gasteiger charge is -2.16. The van der Waals surface area contributed by atoms with Gasteiger partial charge in [-0.25, -0.2) is 9.55 Å². The molecular weight excluding hydrogens is 445 g/mol. The molecule has 5 N–H and O–H groups in total. The number of benzene rings is 1. The summed E-state index contributed by atoms with van der Waals surface area (Å²) in [5.41, 5.74) is 0.315. The number of amides is 1. The van der Waals surface area contributed by atoms with Crippen LogP contribution < -0.4 is 10.9 Å². The van der Waals surface area contributed by atoms with E-state index in [0.29, 0.717) is 0 Å². The Kier molecular flexibility index (Phi) is 6.20. The molecule has 4 rings (SSSR count). The lowest BCUT2D eigenvalue weighted by atomic mass is 10.1. The van der Waals surface area contributed by atoms with E-state index in [1.807, 2.05) is 18.2 Å². The number of H-pyrrole nitrogens is 1. The molecule has 1 aliphatic rings. The number of nitrogens with one attached hydrogen (secondary N) is 2. The fourth-order valence-corrected chi connectivity index (χ4v) is 3.70. The average Bonchev–Trinajstić information content (AvgIpc) is 3.30. The van der Waals surface area contributed by atoms with E-state index in [2.05, 4.69) is 24.8 Å². The number of ether oxygens (including phenoxy) is 1. The van der Waals surface area contributed by atoms with Crippen LogP contribution in [0.1, 0.15) is 18.2 Å². The molecule has 0 saturated carbocycles. The number of aliphatic hydroxyl groups excluding tert-OH is 1. The summed E-state index contributed by atoms with van der Waals surface area (Å²) in [5.74, 6) is -0.461. The Hall–Kier alpha value is -2.93. The lowest BCUT2D eigenvalue weighted by molar-refractivity contribution is -0.115. The Bertz CT molecular complexity index is 1220. The Balaban J connectivity index is 1.52. The summed E-state index contributed by atoms with van der Waals surface area (Å²) < 4.78 is 22.3. The van der Waals surface area contributed by atoms with Gasteiger partial charge in [-0.2, -0.15) is 4.98 Å². The van der Waals surface area contributed by atoms with E-state index < -0.39 is 38.4 Å². The molecule has 32 heavy (non-hydrogen) atoms. The first-order chi connectivity index (χ1) is 15.2. The summed E-state index contributed by atoms with van der Waals surface area (Å²) in [5, 5.41) is 12.7. The Morgan fingerprint density at radius 3 is 2.81 bits per heavy atom. The fraction of sp³-hybridized carbons (Fsp3) is 0.333. The van der Waals surface area contributed by atoms with Crippen molar-refractivity contribution in [3.63, 3.8) is 0 Å². The number of anilines is 1. The van der Waals surface area contributed by atoms with Gasteiger partial charge in [-0.05, 0) is 5.56 Å². The van der Waals surface area contributed by atoms with Gasteiger partial charge < -0.3 is 19.6 Å². The molecule has 2 aromatic heterocycles. The molecule has 0 bridgehead atoms. The second-order valence-corrected chi connectivity index (χ2v) is 8.41. The maximum absolute atomic E-state index is 12.4. The zero-order chi connectivity index (χ0) is 22.9. The normalized spacial score (nSPS) is 21.2. The van der Waals surface area contributed by atoms with Gasteiger partial charge in [0.2, 0.25) is 11.9 Å². The SMILES string of the molecule is O=C(Cc1ccccc1)Nc1nc2c(ncn2[C@H]2C[C@H](O)[C@@H](COP(=O)(O)O)O2)c(=O)[nH]1. The van der Waals surface area contributed by atoms with Crippen molar-refractivity contribution < 1.29 is 33.5 Å². The molecule has 1 saturated heterocycles. The van der Waals surface area contributed by atoms with E-state index in [9.17, 15) is 19.3 Å². The maximum Gasteiger partial charge on any atom is 0.469 e. The third-order valence-corrected chi connectivity index (χ3v) is 5.30. The molecule has 3 heterocycles. The van der Waals surface area contributed by atoms with Crippen LogP contribution >= 0.6 is 7.82 Å². The summed E-state index contributed by atoms with van der Waals surface area (Å²) >= 11 is 0. The summed E-state index contributed by atoms with van der Waals surface area (Å²) in [4.78, 5) is 53.1. The predicted molar refractivity (Wildman–Crippen MR) is 109 cm³/mol. The number of hydrogen-bond acceptors (Lipinski definition) is 8. The first-order valence-corrected chi connectivity index (χ1v) is 11.1. The van der Waals surface area contributed by atoms with E-state index >= 15 is 0 Å². The highest BCUT2D eigenvalue weighted by molar-refractivity contribution is 7.46. The molecule has 0 spiro atoms. The van der Waals surface area contributed by atoms with Crippen LogP contribution in [0.2, 0.25) is 0 Å². The molecule has 3 aromatic rings. The highest BCUT2D eigenvalue weighted by Crippen LogP contribution is 2.38.